The third-order valence-electron chi connectivity index (χ3n) is 11.0. The number of nitrogens with one attached hydrogen (secondary N) is 2. The predicted octanol–water partition coefficient (Wildman–Crippen LogP) is 6.10. The quantitative estimate of drug-likeness (QED) is 0.106. The first-order valence-corrected chi connectivity index (χ1v) is 20.7. The Morgan fingerprint density at radius 3 is 2.29 bits per heavy atom. The summed E-state index contributed by atoms with van der Waals surface area (Å²) in [5, 5.41) is 29.4. The van der Waals surface area contributed by atoms with Crippen molar-refractivity contribution in [1.82, 2.24) is 25.4 Å². The summed E-state index contributed by atoms with van der Waals surface area (Å²) in [5.41, 5.74) is 1.96. The number of likely N-dealkylation sites (tertiary alicyclic amines) is 1. The van der Waals surface area contributed by atoms with Gasteiger partial charge >= 0.3 is 5.97 Å². The number of likely N-dealkylation sites (N-methyl/N-ethyl adjacent to an activating group) is 1. The molecule has 0 aliphatic carbocycles. The van der Waals surface area contributed by atoms with Crippen molar-refractivity contribution in [2.45, 2.75) is 116 Å². The number of ether oxygens (including phenoxy) is 1. The third kappa shape index (κ3) is 12.3. The van der Waals surface area contributed by atoms with E-state index in [4.69, 9.17) is 4.74 Å². The summed E-state index contributed by atoms with van der Waals surface area (Å²) in [4.78, 5) is 62.2. The standard InChI is InChI=1S/C43H61N5O7S/c1-8-28(4)38(46-40(51)35-16-12-13-21-47(35)6)42(52)48(25-31-14-10-9-11-15-31)36(27(2)3)24-37(49)41-45-34(26-56-41)39(50)44-32(22-29(5)43(53)54)23-30-17-19-33(55-7)20-18-30/h9-11,14-15,17-20,26-29,32,35-38,49H,8,12-13,16,21-25H2,1-7H3,(H,44,50)(H,46,51)(H,53,54). The van der Waals surface area contributed by atoms with E-state index in [0.717, 1.165) is 48.3 Å². The lowest BCUT2D eigenvalue weighted by atomic mass is 9.91. The van der Waals surface area contributed by atoms with Crippen LogP contribution in [0.3, 0.4) is 0 Å². The molecule has 1 aliphatic heterocycles. The second-order valence-corrected chi connectivity index (χ2v) is 16.5. The molecule has 0 spiro atoms. The van der Waals surface area contributed by atoms with Gasteiger partial charge in [-0.05, 0) is 74.4 Å². The Hall–Kier alpha value is -4.33. The Bertz CT molecular complexity index is 1720. The van der Waals surface area contributed by atoms with E-state index in [-0.39, 0.29) is 54.8 Å². The molecule has 1 aliphatic rings. The summed E-state index contributed by atoms with van der Waals surface area (Å²) in [7, 11) is 3.53. The number of carboxylic acids is 1. The molecule has 7 atom stereocenters. The zero-order valence-electron chi connectivity index (χ0n) is 33.9. The lowest BCUT2D eigenvalue weighted by molar-refractivity contribution is -0.143. The molecule has 13 heteroatoms. The van der Waals surface area contributed by atoms with Crippen molar-refractivity contribution in [3.05, 3.63) is 81.8 Å². The van der Waals surface area contributed by atoms with Gasteiger partial charge in [0.15, 0.2) is 0 Å². The summed E-state index contributed by atoms with van der Waals surface area (Å²) >= 11 is 1.16. The summed E-state index contributed by atoms with van der Waals surface area (Å²) in [6, 6.07) is 15.1. The summed E-state index contributed by atoms with van der Waals surface area (Å²) in [5.74, 6) is -1.96. The number of benzene rings is 2. The van der Waals surface area contributed by atoms with Gasteiger partial charge in [0.05, 0.1) is 19.1 Å². The van der Waals surface area contributed by atoms with Gasteiger partial charge in [0.1, 0.15) is 28.6 Å². The molecular formula is C43H61N5O7S. The first kappa shape index (κ1) is 44.4. The van der Waals surface area contributed by atoms with Gasteiger partial charge in [-0.3, -0.25) is 24.1 Å². The molecule has 0 bridgehead atoms. The maximum atomic E-state index is 14.8. The van der Waals surface area contributed by atoms with Gasteiger partial charge in [0.25, 0.3) is 5.91 Å². The molecule has 1 saturated heterocycles. The van der Waals surface area contributed by atoms with E-state index >= 15 is 0 Å². The van der Waals surface area contributed by atoms with Crippen LogP contribution in [0.15, 0.2) is 60.0 Å². The van der Waals surface area contributed by atoms with Crippen LogP contribution in [-0.2, 0) is 27.3 Å². The molecule has 306 valence electrons. The Morgan fingerprint density at radius 2 is 1.68 bits per heavy atom. The molecular weight excluding hydrogens is 731 g/mol. The van der Waals surface area contributed by atoms with E-state index in [1.54, 1.807) is 24.3 Å². The minimum absolute atomic E-state index is 0.0762. The Labute approximate surface area is 336 Å². The molecule has 1 fully saturated rings. The number of aliphatic hydroxyl groups excluding tert-OH is 1. The van der Waals surface area contributed by atoms with Crippen molar-refractivity contribution in [1.29, 1.82) is 0 Å². The monoisotopic (exact) mass is 791 g/mol. The number of piperidine rings is 1. The average Bonchev–Trinajstić information content (AvgIpc) is 3.69. The molecule has 1 aromatic heterocycles. The van der Waals surface area contributed by atoms with Crippen LogP contribution in [0, 0.1) is 17.8 Å². The third-order valence-corrected chi connectivity index (χ3v) is 12.0. The Kier molecular flexibility index (Phi) is 16.9. The molecule has 2 heterocycles. The van der Waals surface area contributed by atoms with Gasteiger partial charge in [0, 0.05) is 30.4 Å². The van der Waals surface area contributed by atoms with Gasteiger partial charge in [-0.2, -0.15) is 0 Å². The molecule has 2 aromatic carbocycles. The number of thiazole rings is 1. The number of hydrogen-bond donors (Lipinski definition) is 4. The molecule has 3 amide bonds. The first-order chi connectivity index (χ1) is 26.7. The lowest BCUT2D eigenvalue weighted by Gasteiger charge is -2.40. The van der Waals surface area contributed by atoms with Crippen molar-refractivity contribution < 1.29 is 34.1 Å². The van der Waals surface area contributed by atoms with Crippen molar-refractivity contribution in [3.63, 3.8) is 0 Å². The number of rotatable bonds is 20. The largest absolute Gasteiger partial charge is 0.497 e. The number of carbonyl (C=O) groups is 4. The molecule has 3 aromatic rings. The highest BCUT2D eigenvalue weighted by Gasteiger charge is 2.38. The number of aliphatic hydroxyl groups is 1. The molecule has 7 unspecified atom stereocenters. The van der Waals surface area contributed by atoms with E-state index in [9.17, 15) is 29.4 Å². The first-order valence-electron chi connectivity index (χ1n) is 19.9. The molecule has 4 rings (SSSR count). The maximum absolute atomic E-state index is 14.8. The zero-order chi connectivity index (χ0) is 40.9. The lowest BCUT2D eigenvalue weighted by Crippen LogP contribution is -2.58. The highest BCUT2D eigenvalue weighted by atomic mass is 32.1. The normalized spacial score (nSPS) is 17.9. The van der Waals surface area contributed by atoms with E-state index in [2.05, 4.69) is 20.5 Å². The number of amides is 3. The number of methoxy groups -OCH3 is 1. The van der Waals surface area contributed by atoms with Gasteiger partial charge in [-0.1, -0.05) is 89.9 Å². The van der Waals surface area contributed by atoms with Crippen LogP contribution in [0.4, 0.5) is 0 Å². The maximum Gasteiger partial charge on any atom is 0.306 e. The minimum Gasteiger partial charge on any atom is -0.497 e. The summed E-state index contributed by atoms with van der Waals surface area (Å²) < 4.78 is 5.25. The zero-order valence-corrected chi connectivity index (χ0v) is 34.8. The van der Waals surface area contributed by atoms with E-state index in [0.29, 0.717) is 23.6 Å². The second-order valence-electron chi connectivity index (χ2n) is 15.6. The highest BCUT2D eigenvalue weighted by molar-refractivity contribution is 7.09. The molecule has 12 nitrogen and oxygen atoms in total. The van der Waals surface area contributed by atoms with Crippen molar-refractivity contribution in [3.8, 4) is 5.75 Å². The number of nitrogens with zero attached hydrogens (tertiary/aromatic N) is 3. The van der Waals surface area contributed by atoms with E-state index < -0.39 is 42.0 Å². The Morgan fingerprint density at radius 1 is 0.982 bits per heavy atom. The summed E-state index contributed by atoms with van der Waals surface area (Å²) in [6.45, 7) is 10.8. The van der Waals surface area contributed by atoms with Crippen molar-refractivity contribution in [2.75, 3.05) is 20.7 Å². The van der Waals surface area contributed by atoms with Gasteiger partial charge in [-0.25, -0.2) is 4.98 Å². The van der Waals surface area contributed by atoms with Crippen LogP contribution in [0.5, 0.6) is 5.75 Å². The molecule has 56 heavy (non-hydrogen) atoms. The van der Waals surface area contributed by atoms with Gasteiger partial charge in [0.2, 0.25) is 11.8 Å². The van der Waals surface area contributed by atoms with Crippen LogP contribution >= 0.6 is 11.3 Å². The van der Waals surface area contributed by atoms with Crippen LogP contribution in [-0.4, -0.2) is 93.6 Å². The fourth-order valence-electron chi connectivity index (χ4n) is 7.32. The fourth-order valence-corrected chi connectivity index (χ4v) is 8.11. The number of hydrogen-bond acceptors (Lipinski definition) is 9. The SMILES string of the molecule is CCC(C)C(NC(=O)C1CCCCN1C)C(=O)N(Cc1ccccc1)C(CC(O)c1nc(C(=O)NC(Cc2ccc(OC)cc2)CC(C)C(=O)O)cs1)C(C)C. The number of aromatic nitrogens is 1. The predicted molar refractivity (Wildman–Crippen MR) is 218 cm³/mol. The Balaban J connectivity index is 1.55. The second kappa shape index (κ2) is 21.3. The van der Waals surface area contributed by atoms with E-state index in [1.807, 2.05) is 89.3 Å². The fraction of sp³-hybridized carbons (Fsp3) is 0.558. The van der Waals surface area contributed by atoms with Crippen molar-refractivity contribution in [2.24, 2.45) is 17.8 Å². The van der Waals surface area contributed by atoms with Gasteiger partial charge < -0.3 is 30.5 Å². The number of carbonyl (C=O) groups excluding carboxylic acids is 3. The molecule has 4 N–H and O–H groups in total. The summed E-state index contributed by atoms with van der Waals surface area (Å²) in [6.07, 6.45) is 3.13. The molecule has 0 radical (unpaired) electrons. The topological polar surface area (TPSA) is 161 Å². The van der Waals surface area contributed by atoms with Crippen molar-refractivity contribution >= 4 is 35.0 Å². The van der Waals surface area contributed by atoms with Crippen LogP contribution in [0.2, 0.25) is 0 Å². The highest BCUT2D eigenvalue weighted by Crippen LogP contribution is 2.30. The van der Waals surface area contributed by atoms with Gasteiger partial charge in [-0.15, -0.1) is 11.3 Å². The average molecular weight is 792 g/mol. The van der Waals surface area contributed by atoms with Crippen LogP contribution < -0.4 is 15.4 Å². The number of carboxylic acid groups (broad SMARTS) is 1. The van der Waals surface area contributed by atoms with Crippen LogP contribution in [0.1, 0.15) is 106 Å². The smallest absolute Gasteiger partial charge is 0.306 e. The number of aliphatic carboxylic acids is 1. The molecule has 0 saturated carbocycles. The minimum atomic E-state index is -1.09. The van der Waals surface area contributed by atoms with Crippen LogP contribution in [0.25, 0.3) is 0 Å². The van der Waals surface area contributed by atoms with E-state index in [1.165, 1.54) is 0 Å².